The Kier molecular flexibility index (Phi) is 4.94. The van der Waals surface area contributed by atoms with Crippen molar-refractivity contribution < 1.29 is 9.53 Å². The highest BCUT2D eigenvalue weighted by Crippen LogP contribution is 2.42. The van der Waals surface area contributed by atoms with Crippen LogP contribution in [-0.2, 0) is 9.53 Å². The molecule has 3 aliphatic rings. The van der Waals surface area contributed by atoms with Gasteiger partial charge in [0.2, 0.25) is 5.91 Å². The molecule has 4 heteroatoms. The molecular formula is C16H28N2O2. The van der Waals surface area contributed by atoms with Crippen molar-refractivity contribution >= 4 is 5.91 Å². The molecule has 2 N–H and O–H groups in total. The quantitative estimate of drug-likeness (QED) is 0.827. The Bertz CT molecular complexity index is 328. The molecule has 3 fully saturated rings. The average Bonchev–Trinajstić information content (AvgIpc) is 2.53. The molecule has 0 aromatic heterocycles. The maximum atomic E-state index is 12.3. The largest absolute Gasteiger partial charge is 0.378 e. The number of ether oxygens (including phenoxy) is 1. The molecule has 1 amide bonds. The molecule has 1 aliphatic heterocycles. The molecule has 0 radical (unpaired) electrons. The van der Waals surface area contributed by atoms with Gasteiger partial charge in [-0.1, -0.05) is 25.7 Å². The zero-order chi connectivity index (χ0) is 13.8. The zero-order valence-electron chi connectivity index (χ0n) is 12.4. The lowest BCUT2D eigenvalue weighted by molar-refractivity contribution is -0.127. The molecule has 2 saturated carbocycles. The maximum Gasteiger partial charge on any atom is 0.223 e. The van der Waals surface area contributed by atoms with Crippen LogP contribution >= 0.6 is 0 Å². The third kappa shape index (κ3) is 3.53. The third-order valence-corrected chi connectivity index (χ3v) is 5.43. The first-order chi connectivity index (χ1) is 9.83. The standard InChI is InChI=1S/C16H28N2O2/c19-16(18-10-15-11-20-8-7-17-15)14-6-5-12-3-1-2-4-13(12)9-14/h12-15,17H,1-11H2,(H,18,19). The molecule has 0 bridgehead atoms. The summed E-state index contributed by atoms with van der Waals surface area (Å²) in [5, 5.41) is 6.52. The van der Waals surface area contributed by atoms with E-state index < -0.39 is 0 Å². The van der Waals surface area contributed by atoms with Gasteiger partial charge in [-0.3, -0.25) is 4.79 Å². The zero-order valence-corrected chi connectivity index (χ0v) is 12.4. The number of nitrogens with one attached hydrogen (secondary N) is 2. The van der Waals surface area contributed by atoms with Crippen molar-refractivity contribution in [1.82, 2.24) is 10.6 Å². The lowest BCUT2D eigenvalue weighted by Gasteiger charge is -2.38. The fraction of sp³-hybridized carbons (Fsp3) is 0.938. The van der Waals surface area contributed by atoms with Crippen molar-refractivity contribution in [3.8, 4) is 0 Å². The minimum Gasteiger partial charge on any atom is -0.378 e. The molecule has 1 heterocycles. The van der Waals surface area contributed by atoms with Crippen LogP contribution in [0.3, 0.4) is 0 Å². The van der Waals surface area contributed by atoms with Crippen LogP contribution in [0, 0.1) is 17.8 Å². The summed E-state index contributed by atoms with van der Waals surface area (Å²) in [5.74, 6) is 2.28. The van der Waals surface area contributed by atoms with Crippen LogP contribution in [0.2, 0.25) is 0 Å². The molecule has 0 aromatic rings. The highest BCUT2D eigenvalue weighted by molar-refractivity contribution is 5.78. The van der Waals surface area contributed by atoms with Crippen molar-refractivity contribution in [3.63, 3.8) is 0 Å². The van der Waals surface area contributed by atoms with Gasteiger partial charge in [0.05, 0.1) is 13.2 Å². The predicted octanol–water partition coefficient (Wildman–Crippen LogP) is 1.70. The topological polar surface area (TPSA) is 50.4 Å². The number of carbonyl (C=O) groups is 1. The van der Waals surface area contributed by atoms with E-state index >= 15 is 0 Å². The van der Waals surface area contributed by atoms with Gasteiger partial charge in [-0.05, 0) is 31.1 Å². The van der Waals surface area contributed by atoms with Crippen molar-refractivity contribution in [2.24, 2.45) is 17.8 Å². The first kappa shape index (κ1) is 14.3. The van der Waals surface area contributed by atoms with Gasteiger partial charge >= 0.3 is 0 Å². The Morgan fingerprint density at radius 1 is 1.15 bits per heavy atom. The molecule has 3 rings (SSSR count). The monoisotopic (exact) mass is 280 g/mol. The van der Waals surface area contributed by atoms with Gasteiger partial charge in [0.25, 0.3) is 0 Å². The minimum atomic E-state index is 0.263. The van der Waals surface area contributed by atoms with Gasteiger partial charge < -0.3 is 15.4 Å². The van der Waals surface area contributed by atoms with Gasteiger partial charge in [-0.2, -0.15) is 0 Å². The molecule has 0 aromatic carbocycles. The predicted molar refractivity (Wildman–Crippen MR) is 78.4 cm³/mol. The average molecular weight is 280 g/mol. The number of rotatable bonds is 3. The molecule has 114 valence electrons. The van der Waals surface area contributed by atoms with Crippen LogP contribution in [0.25, 0.3) is 0 Å². The highest BCUT2D eigenvalue weighted by atomic mass is 16.5. The second-order valence-corrected chi connectivity index (χ2v) is 6.79. The van der Waals surface area contributed by atoms with Crippen LogP contribution in [-0.4, -0.2) is 38.3 Å². The number of morpholine rings is 1. The summed E-state index contributed by atoms with van der Waals surface area (Å²) < 4.78 is 5.42. The van der Waals surface area contributed by atoms with E-state index in [2.05, 4.69) is 10.6 Å². The first-order valence-corrected chi connectivity index (χ1v) is 8.42. The van der Waals surface area contributed by atoms with E-state index in [1.807, 2.05) is 0 Å². The van der Waals surface area contributed by atoms with Gasteiger partial charge in [0, 0.05) is 25.0 Å². The summed E-state index contributed by atoms with van der Waals surface area (Å²) >= 11 is 0. The van der Waals surface area contributed by atoms with Crippen molar-refractivity contribution in [2.45, 2.75) is 51.0 Å². The number of fused-ring (bicyclic) bond motifs is 1. The molecule has 1 saturated heterocycles. The lowest BCUT2D eigenvalue weighted by atomic mass is 9.67. The number of hydrogen-bond acceptors (Lipinski definition) is 3. The third-order valence-electron chi connectivity index (χ3n) is 5.43. The van der Waals surface area contributed by atoms with Crippen molar-refractivity contribution in [3.05, 3.63) is 0 Å². The highest BCUT2D eigenvalue weighted by Gasteiger charge is 2.35. The van der Waals surface area contributed by atoms with Crippen LogP contribution < -0.4 is 10.6 Å². The summed E-state index contributed by atoms with van der Waals surface area (Å²) in [5.41, 5.74) is 0. The van der Waals surface area contributed by atoms with E-state index in [1.54, 1.807) is 0 Å². The summed E-state index contributed by atoms with van der Waals surface area (Å²) in [6.45, 7) is 3.11. The molecule has 2 aliphatic carbocycles. The van der Waals surface area contributed by atoms with E-state index in [0.29, 0.717) is 12.6 Å². The van der Waals surface area contributed by atoms with Crippen LogP contribution in [0.15, 0.2) is 0 Å². The van der Waals surface area contributed by atoms with Gasteiger partial charge in [-0.25, -0.2) is 0 Å². The van der Waals surface area contributed by atoms with Crippen molar-refractivity contribution in [2.75, 3.05) is 26.3 Å². The van der Waals surface area contributed by atoms with Gasteiger partial charge in [0.1, 0.15) is 0 Å². The van der Waals surface area contributed by atoms with Gasteiger partial charge in [0.15, 0.2) is 0 Å². The molecule has 4 unspecified atom stereocenters. The second-order valence-electron chi connectivity index (χ2n) is 6.79. The fourth-order valence-corrected chi connectivity index (χ4v) is 4.23. The minimum absolute atomic E-state index is 0.263. The Morgan fingerprint density at radius 3 is 2.80 bits per heavy atom. The van der Waals surface area contributed by atoms with E-state index in [0.717, 1.165) is 44.4 Å². The number of amides is 1. The molecule has 0 spiro atoms. The van der Waals surface area contributed by atoms with E-state index in [-0.39, 0.29) is 11.8 Å². The maximum absolute atomic E-state index is 12.3. The Balaban J connectivity index is 1.42. The SMILES string of the molecule is O=C(NCC1COCCN1)C1CCC2CCCCC2C1. The molecule has 20 heavy (non-hydrogen) atoms. The summed E-state index contributed by atoms with van der Waals surface area (Å²) in [6, 6.07) is 0.290. The summed E-state index contributed by atoms with van der Waals surface area (Å²) in [7, 11) is 0. The Hall–Kier alpha value is -0.610. The molecule has 4 atom stereocenters. The van der Waals surface area contributed by atoms with Crippen LogP contribution in [0.5, 0.6) is 0 Å². The Morgan fingerprint density at radius 2 is 2.00 bits per heavy atom. The van der Waals surface area contributed by atoms with E-state index in [9.17, 15) is 4.79 Å². The van der Waals surface area contributed by atoms with Crippen molar-refractivity contribution in [1.29, 1.82) is 0 Å². The first-order valence-electron chi connectivity index (χ1n) is 8.42. The lowest BCUT2D eigenvalue weighted by Crippen LogP contribution is -2.49. The normalized spacial score (nSPS) is 38.0. The molecular weight excluding hydrogens is 252 g/mol. The van der Waals surface area contributed by atoms with Crippen LogP contribution in [0.1, 0.15) is 44.9 Å². The van der Waals surface area contributed by atoms with Gasteiger partial charge in [-0.15, -0.1) is 0 Å². The van der Waals surface area contributed by atoms with E-state index in [4.69, 9.17) is 4.74 Å². The number of hydrogen-bond donors (Lipinski definition) is 2. The Labute approximate surface area is 122 Å². The van der Waals surface area contributed by atoms with Crippen LogP contribution in [0.4, 0.5) is 0 Å². The second kappa shape index (κ2) is 6.90. The number of carbonyl (C=O) groups excluding carboxylic acids is 1. The van der Waals surface area contributed by atoms with E-state index in [1.165, 1.54) is 32.1 Å². The summed E-state index contributed by atoms with van der Waals surface area (Å²) in [6.07, 6.45) is 9.04. The fourth-order valence-electron chi connectivity index (χ4n) is 4.23. The smallest absolute Gasteiger partial charge is 0.223 e. The molecule has 4 nitrogen and oxygen atoms in total. The summed E-state index contributed by atoms with van der Waals surface area (Å²) in [4.78, 5) is 12.3.